The fourth-order valence-corrected chi connectivity index (χ4v) is 2.41. The van der Waals surface area contributed by atoms with Crippen molar-refractivity contribution < 1.29 is 8.78 Å². The predicted molar refractivity (Wildman–Crippen MR) is 73.7 cm³/mol. The molecular formula is C14H11Cl2F2N. The number of nitrogens with one attached hydrogen (secondary N) is 1. The van der Waals surface area contributed by atoms with Gasteiger partial charge in [0.1, 0.15) is 11.6 Å². The van der Waals surface area contributed by atoms with Crippen LogP contribution in [0, 0.1) is 11.6 Å². The Bertz CT molecular complexity index is 582. The van der Waals surface area contributed by atoms with Gasteiger partial charge in [-0.25, -0.2) is 8.78 Å². The van der Waals surface area contributed by atoms with Gasteiger partial charge in [-0.2, -0.15) is 0 Å². The highest BCUT2D eigenvalue weighted by molar-refractivity contribution is 6.31. The molecule has 0 heterocycles. The Morgan fingerprint density at radius 2 is 1.79 bits per heavy atom. The molecule has 19 heavy (non-hydrogen) atoms. The molecule has 1 atom stereocenters. The molecule has 0 saturated heterocycles. The molecule has 2 aromatic carbocycles. The van der Waals surface area contributed by atoms with Crippen LogP contribution >= 0.6 is 23.2 Å². The van der Waals surface area contributed by atoms with Gasteiger partial charge in [-0.1, -0.05) is 35.3 Å². The summed E-state index contributed by atoms with van der Waals surface area (Å²) in [4.78, 5) is 0. The van der Waals surface area contributed by atoms with Crippen molar-refractivity contribution in [1.82, 2.24) is 5.32 Å². The minimum absolute atomic E-state index is 0.216. The topological polar surface area (TPSA) is 12.0 Å². The summed E-state index contributed by atoms with van der Waals surface area (Å²) in [7, 11) is 1.61. The molecule has 0 spiro atoms. The first-order chi connectivity index (χ1) is 9.04. The molecule has 1 N–H and O–H groups in total. The third kappa shape index (κ3) is 2.89. The van der Waals surface area contributed by atoms with Crippen molar-refractivity contribution in [1.29, 1.82) is 0 Å². The highest BCUT2D eigenvalue weighted by atomic mass is 35.5. The first-order valence-electron chi connectivity index (χ1n) is 5.60. The Hall–Kier alpha value is -1.16. The van der Waals surface area contributed by atoms with E-state index in [0.29, 0.717) is 5.56 Å². The van der Waals surface area contributed by atoms with Crippen LogP contribution in [0.1, 0.15) is 17.2 Å². The molecule has 0 amide bonds. The first kappa shape index (κ1) is 14.3. The van der Waals surface area contributed by atoms with Gasteiger partial charge in [0.15, 0.2) is 0 Å². The number of rotatable bonds is 3. The van der Waals surface area contributed by atoms with E-state index in [2.05, 4.69) is 5.32 Å². The van der Waals surface area contributed by atoms with E-state index in [0.717, 1.165) is 0 Å². The molecule has 1 nitrogen and oxygen atoms in total. The largest absolute Gasteiger partial charge is 0.309 e. The summed E-state index contributed by atoms with van der Waals surface area (Å²) in [5.74, 6) is -0.993. The second-order valence-corrected chi connectivity index (χ2v) is 4.87. The molecule has 0 aliphatic carbocycles. The summed E-state index contributed by atoms with van der Waals surface area (Å²) in [6, 6.07) is 7.95. The Morgan fingerprint density at radius 1 is 1.05 bits per heavy atom. The smallest absolute Gasteiger partial charge is 0.129 e. The third-order valence-electron chi connectivity index (χ3n) is 2.85. The molecular weight excluding hydrogens is 291 g/mol. The van der Waals surface area contributed by atoms with E-state index in [9.17, 15) is 8.78 Å². The summed E-state index contributed by atoms with van der Waals surface area (Å²) in [5.41, 5.74) is 0.506. The highest BCUT2D eigenvalue weighted by Gasteiger charge is 2.22. The summed E-state index contributed by atoms with van der Waals surface area (Å²) < 4.78 is 27.9. The lowest BCUT2D eigenvalue weighted by molar-refractivity contribution is 0.547. The minimum atomic E-state index is -0.675. The van der Waals surface area contributed by atoms with E-state index < -0.39 is 17.7 Å². The van der Waals surface area contributed by atoms with Gasteiger partial charge in [0, 0.05) is 21.2 Å². The molecule has 0 radical (unpaired) electrons. The van der Waals surface area contributed by atoms with Crippen molar-refractivity contribution in [3.63, 3.8) is 0 Å². The predicted octanol–water partition coefficient (Wildman–Crippen LogP) is 4.58. The lowest BCUT2D eigenvalue weighted by Gasteiger charge is -2.20. The van der Waals surface area contributed by atoms with Gasteiger partial charge >= 0.3 is 0 Å². The SMILES string of the molecule is CNC(c1ccc(Cl)cc1F)c1c(F)cccc1Cl. The Morgan fingerprint density at radius 3 is 2.37 bits per heavy atom. The van der Waals surface area contributed by atoms with E-state index in [1.165, 1.54) is 24.3 Å². The van der Waals surface area contributed by atoms with Crippen LogP contribution in [0.25, 0.3) is 0 Å². The summed E-state index contributed by atoms with van der Waals surface area (Å²) in [6.07, 6.45) is 0. The molecule has 100 valence electrons. The molecule has 1 unspecified atom stereocenters. The van der Waals surface area contributed by atoms with Gasteiger partial charge in [-0.3, -0.25) is 0 Å². The number of halogens is 4. The number of hydrogen-bond donors (Lipinski definition) is 1. The first-order valence-corrected chi connectivity index (χ1v) is 6.36. The number of hydrogen-bond acceptors (Lipinski definition) is 1. The second kappa shape index (κ2) is 5.87. The fraction of sp³-hybridized carbons (Fsp3) is 0.143. The average Bonchev–Trinajstić information content (AvgIpc) is 2.35. The molecule has 0 aliphatic heterocycles. The van der Waals surface area contributed by atoms with Crippen LogP contribution in [-0.4, -0.2) is 7.05 Å². The zero-order valence-electron chi connectivity index (χ0n) is 10.1. The highest BCUT2D eigenvalue weighted by Crippen LogP contribution is 2.32. The molecule has 0 fully saturated rings. The zero-order valence-corrected chi connectivity index (χ0v) is 11.6. The standard InChI is InChI=1S/C14H11Cl2F2N/c1-19-14(9-6-5-8(15)7-12(9)18)13-10(16)3-2-4-11(13)17/h2-7,14,19H,1H3. The van der Waals surface area contributed by atoms with E-state index in [4.69, 9.17) is 23.2 Å². The molecule has 0 saturated carbocycles. The van der Waals surface area contributed by atoms with Gasteiger partial charge in [0.05, 0.1) is 6.04 Å². The van der Waals surface area contributed by atoms with Crippen molar-refractivity contribution in [2.75, 3.05) is 7.05 Å². The van der Waals surface area contributed by atoms with Crippen molar-refractivity contribution in [2.45, 2.75) is 6.04 Å². The maximum atomic E-state index is 13.9. The van der Waals surface area contributed by atoms with Gasteiger partial charge in [0.25, 0.3) is 0 Å². The van der Waals surface area contributed by atoms with Gasteiger partial charge in [-0.15, -0.1) is 0 Å². The molecule has 0 aromatic heterocycles. The normalized spacial score (nSPS) is 12.5. The summed E-state index contributed by atoms with van der Waals surface area (Å²) in [5, 5.41) is 3.40. The summed E-state index contributed by atoms with van der Waals surface area (Å²) in [6.45, 7) is 0. The molecule has 2 rings (SSSR count). The Balaban J connectivity index is 2.56. The van der Waals surface area contributed by atoms with Crippen LogP contribution in [0.2, 0.25) is 10.0 Å². The quantitative estimate of drug-likeness (QED) is 0.875. The van der Waals surface area contributed by atoms with Crippen molar-refractivity contribution >= 4 is 23.2 Å². The maximum absolute atomic E-state index is 13.9. The molecule has 0 bridgehead atoms. The summed E-state index contributed by atoms with van der Waals surface area (Å²) >= 11 is 11.7. The zero-order chi connectivity index (χ0) is 14.0. The van der Waals surface area contributed by atoms with Crippen LogP contribution in [0.3, 0.4) is 0 Å². The lowest BCUT2D eigenvalue weighted by Crippen LogP contribution is -2.20. The van der Waals surface area contributed by atoms with E-state index in [1.54, 1.807) is 19.2 Å². The van der Waals surface area contributed by atoms with Crippen LogP contribution in [0.15, 0.2) is 36.4 Å². The second-order valence-electron chi connectivity index (χ2n) is 4.02. The average molecular weight is 302 g/mol. The van der Waals surface area contributed by atoms with Gasteiger partial charge < -0.3 is 5.32 Å². The monoisotopic (exact) mass is 301 g/mol. The van der Waals surface area contributed by atoms with Crippen molar-refractivity contribution in [3.05, 3.63) is 69.2 Å². The molecule has 5 heteroatoms. The maximum Gasteiger partial charge on any atom is 0.129 e. The van der Waals surface area contributed by atoms with Crippen LogP contribution < -0.4 is 5.32 Å². The number of benzene rings is 2. The fourth-order valence-electron chi connectivity index (χ4n) is 1.98. The van der Waals surface area contributed by atoms with Gasteiger partial charge in [-0.05, 0) is 31.3 Å². The third-order valence-corrected chi connectivity index (χ3v) is 3.42. The van der Waals surface area contributed by atoms with Crippen LogP contribution in [0.4, 0.5) is 8.78 Å². The van der Waals surface area contributed by atoms with E-state index >= 15 is 0 Å². The molecule has 2 aromatic rings. The minimum Gasteiger partial charge on any atom is -0.309 e. The molecule has 0 aliphatic rings. The van der Waals surface area contributed by atoms with E-state index in [-0.39, 0.29) is 15.6 Å². The van der Waals surface area contributed by atoms with E-state index in [1.807, 2.05) is 0 Å². The van der Waals surface area contributed by atoms with Crippen molar-refractivity contribution in [2.24, 2.45) is 0 Å². The van der Waals surface area contributed by atoms with Crippen LogP contribution in [0.5, 0.6) is 0 Å². The lowest BCUT2D eigenvalue weighted by atomic mass is 9.98. The van der Waals surface area contributed by atoms with Gasteiger partial charge in [0.2, 0.25) is 0 Å². The van der Waals surface area contributed by atoms with Crippen LogP contribution in [-0.2, 0) is 0 Å². The Labute approximate surface area is 120 Å². The Kier molecular flexibility index (Phi) is 4.40. The van der Waals surface area contributed by atoms with Crippen molar-refractivity contribution in [3.8, 4) is 0 Å².